The minimum Gasteiger partial charge on any atom is -0.505 e. The van der Waals surface area contributed by atoms with Gasteiger partial charge < -0.3 is 4.74 Å². The predicted molar refractivity (Wildman–Crippen MR) is 106 cm³/mol. The fourth-order valence-corrected chi connectivity index (χ4v) is 3.66. The second-order valence-electron chi connectivity index (χ2n) is 6.89. The zero-order valence-corrected chi connectivity index (χ0v) is 16.1. The standard InChI is InChI=1S/C22H26OSi/c1-23-18-8-13-21-11-6-5-10-20(21)12-7-9-19-14-16-22(17-15-19)24(2,3)4/h5-6,8,10-11,14-18H,12-13H2,1-4H3. The Morgan fingerprint density at radius 1 is 0.958 bits per heavy atom. The minimum absolute atomic E-state index is 0.771. The maximum atomic E-state index is 4.97. The van der Waals surface area contributed by atoms with Gasteiger partial charge in [-0.15, -0.1) is 0 Å². The monoisotopic (exact) mass is 334 g/mol. The van der Waals surface area contributed by atoms with Crippen LogP contribution in [0.1, 0.15) is 16.7 Å². The van der Waals surface area contributed by atoms with Crippen LogP contribution in [0.15, 0.2) is 60.9 Å². The molecule has 1 nitrogen and oxygen atoms in total. The van der Waals surface area contributed by atoms with Gasteiger partial charge in [0.2, 0.25) is 0 Å². The van der Waals surface area contributed by atoms with Gasteiger partial charge in [-0.05, 0) is 35.8 Å². The molecular formula is C22H26OSi. The van der Waals surface area contributed by atoms with E-state index in [1.165, 1.54) is 16.3 Å². The van der Waals surface area contributed by atoms with E-state index >= 15 is 0 Å². The van der Waals surface area contributed by atoms with E-state index in [4.69, 9.17) is 4.74 Å². The number of ether oxygens (including phenoxy) is 1. The SMILES string of the molecule is COC=CCc1ccccc1CC#Cc1ccc([Si](C)(C)C)cc1. The second-order valence-corrected chi connectivity index (χ2v) is 12.0. The van der Waals surface area contributed by atoms with Crippen LogP contribution >= 0.6 is 0 Å². The Bertz CT molecular complexity index is 740. The van der Waals surface area contributed by atoms with Gasteiger partial charge in [0.15, 0.2) is 0 Å². The number of hydrogen-bond acceptors (Lipinski definition) is 1. The third-order valence-corrected chi connectivity index (χ3v) is 6.02. The Hall–Kier alpha value is -2.24. The van der Waals surface area contributed by atoms with E-state index in [1.54, 1.807) is 13.4 Å². The molecule has 0 unspecified atom stereocenters. The Balaban J connectivity index is 2.07. The zero-order chi connectivity index (χ0) is 17.4. The van der Waals surface area contributed by atoms with Gasteiger partial charge >= 0.3 is 0 Å². The first-order valence-corrected chi connectivity index (χ1v) is 11.8. The van der Waals surface area contributed by atoms with Gasteiger partial charge in [-0.25, -0.2) is 0 Å². The third-order valence-electron chi connectivity index (χ3n) is 3.95. The average Bonchev–Trinajstić information content (AvgIpc) is 2.56. The zero-order valence-electron chi connectivity index (χ0n) is 15.1. The first-order valence-electron chi connectivity index (χ1n) is 8.34. The summed E-state index contributed by atoms with van der Waals surface area (Å²) in [6, 6.07) is 17.2. The molecule has 0 atom stereocenters. The first kappa shape index (κ1) is 18.1. The lowest BCUT2D eigenvalue weighted by Crippen LogP contribution is -2.37. The highest BCUT2D eigenvalue weighted by molar-refractivity contribution is 6.88. The fourth-order valence-electron chi connectivity index (χ4n) is 2.50. The smallest absolute Gasteiger partial charge is 0.0788 e. The molecular weight excluding hydrogens is 308 g/mol. The molecule has 0 amide bonds. The van der Waals surface area contributed by atoms with Gasteiger partial charge in [0.25, 0.3) is 0 Å². The van der Waals surface area contributed by atoms with E-state index in [0.29, 0.717) is 0 Å². The van der Waals surface area contributed by atoms with Gasteiger partial charge in [-0.1, -0.05) is 73.1 Å². The maximum Gasteiger partial charge on any atom is 0.0788 e. The molecule has 0 aromatic heterocycles. The number of rotatable bonds is 5. The Kier molecular flexibility index (Phi) is 6.46. The summed E-state index contributed by atoms with van der Waals surface area (Å²) in [5, 5.41) is 1.48. The van der Waals surface area contributed by atoms with Crippen LogP contribution in [0, 0.1) is 11.8 Å². The normalized spacial score (nSPS) is 11.2. The summed E-state index contributed by atoms with van der Waals surface area (Å²) >= 11 is 0. The number of benzene rings is 2. The first-order chi connectivity index (χ1) is 11.5. The van der Waals surface area contributed by atoms with Crippen molar-refractivity contribution in [1.82, 2.24) is 0 Å². The summed E-state index contributed by atoms with van der Waals surface area (Å²) in [5.41, 5.74) is 3.67. The average molecular weight is 335 g/mol. The molecule has 2 rings (SSSR count). The van der Waals surface area contributed by atoms with Crippen LogP contribution in [0.5, 0.6) is 0 Å². The molecule has 0 N–H and O–H groups in total. The van der Waals surface area contributed by atoms with Gasteiger partial charge in [0, 0.05) is 12.0 Å². The highest BCUT2D eigenvalue weighted by Crippen LogP contribution is 2.11. The van der Waals surface area contributed by atoms with Crippen LogP contribution in [0.25, 0.3) is 0 Å². The summed E-state index contributed by atoms with van der Waals surface area (Å²) in [5.74, 6) is 6.60. The van der Waals surface area contributed by atoms with Crippen molar-refractivity contribution in [3.63, 3.8) is 0 Å². The maximum absolute atomic E-state index is 4.97. The van der Waals surface area contributed by atoms with Crippen LogP contribution < -0.4 is 5.19 Å². The quantitative estimate of drug-likeness (QED) is 0.443. The van der Waals surface area contributed by atoms with E-state index in [0.717, 1.165) is 18.4 Å². The van der Waals surface area contributed by atoms with Crippen molar-refractivity contribution in [2.24, 2.45) is 0 Å². The minimum atomic E-state index is -1.23. The molecule has 0 fully saturated rings. The van der Waals surface area contributed by atoms with Crippen molar-refractivity contribution in [1.29, 1.82) is 0 Å². The molecule has 0 heterocycles. The van der Waals surface area contributed by atoms with Gasteiger partial charge in [0.05, 0.1) is 21.4 Å². The van der Waals surface area contributed by atoms with Crippen molar-refractivity contribution in [3.05, 3.63) is 77.6 Å². The van der Waals surface area contributed by atoms with Crippen molar-refractivity contribution >= 4 is 13.3 Å². The lowest BCUT2D eigenvalue weighted by atomic mass is 10.0. The van der Waals surface area contributed by atoms with E-state index in [1.807, 2.05) is 6.08 Å². The van der Waals surface area contributed by atoms with E-state index in [2.05, 4.69) is 80.0 Å². The van der Waals surface area contributed by atoms with E-state index < -0.39 is 8.07 Å². The van der Waals surface area contributed by atoms with E-state index in [-0.39, 0.29) is 0 Å². The summed E-state index contributed by atoms with van der Waals surface area (Å²) < 4.78 is 4.97. The highest BCUT2D eigenvalue weighted by atomic mass is 28.3. The van der Waals surface area contributed by atoms with Crippen LogP contribution in [0.3, 0.4) is 0 Å². The van der Waals surface area contributed by atoms with Crippen LogP contribution in [-0.4, -0.2) is 15.2 Å². The third kappa shape index (κ3) is 5.44. The highest BCUT2D eigenvalue weighted by Gasteiger charge is 2.15. The van der Waals surface area contributed by atoms with Crippen molar-refractivity contribution < 1.29 is 4.74 Å². The molecule has 2 heteroatoms. The predicted octanol–water partition coefficient (Wildman–Crippen LogP) is 4.53. The summed E-state index contributed by atoms with van der Waals surface area (Å²) in [7, 11) is 0.439. The molecule has 0 aliphatic heterocycles. The summed E-state index contributed by atoms with van der Waals surface area (Å²) in [6.07, 6.45) is 5.40. The molecule has 0 bridgehead atoms. The second kappa shape index (κ2) is 8.56. The Labute approximate surface area is 147 Å². The van der Waals surface area contributed by atoms with Crippen LogP contribution in [0.4, 0.5) is 0 Å². The summed E-state index contributed by atoms with van der Waals surface area (Å²) in [6.45, 7) is 7.09. The molecule has 2 aromatic rings. The van der Waals surface area contributed by atoms with Gasteiger partial charge in [-0.2, -0.15) is 0 Å². The largest absolute Gasteiger partial charge is 0.505 e. The Morgan fingerprint density at radius 3 is 2.25 bits per heavy atom. The van der Waals surface area contributed by atoms with Crippen molar-refractivity contribution in [2.45, 2.75) is 32.5 Å². The molecule has 0 spiro atoms. The molecule has 0 aliphatic carbocycles. The van der Waals surface area contributed by atoms with Crippen LogP contribution in [-0.2, 0) is 17.6 Å². The molecule has 0 saturated carbocycles. The fraction of sp³-hybridized carbons (Fsp3) is 0.273. The van der Waals surface area contributed by atoms with Crippen molar-refractivity contribution in [3.8, 4) is 11.8 Å². The topological polar surface area (TPSA) is 9.23 Å². The van der Waals surface area contributed by atoms with Gasteiger partial charge in [-0.3, -0.25) is 0 Å². The summed E-state index contributed by atoms with van der Waals surface area (Å²) in [4.78, 5) is 0. The number of methoxy groups -OCH3 is 1. The number of hydrogen-bond donors (Lipinski definition) is 0. The molecule has 24 heavy (non-hydrogen) atoms. The van der Waals surface area contributed by atoms with Crippen LogP contribution in [0.2, 0.25) is 19.6 Å². The lowest BCUT2D eigenvalue weighted by molar-refractivity contribution is 0.337. The van der Waals surface area contributed by atoms with Gasteiger partial charge in [0.1, 0.15) is 0 Å². The van der Waals surface area contributed by atoms with E-state index in [9.17, 15) is 0 Å². The molecule has 0 radical (unpaired) electrons. The molecule has 124 valence electrons. The Morgan fingerprint density at radius 2 is 1.62 bits per heavy atom. The van der Waals surface area contributed by atoms with Crippen molar-refractivity contribution in [2.75, 3.05) is 7.11 Å². The lowest BCUT2D eigenvalue weighted by Gasteiger charge is -2.15. The molecule has 0 aliphatic rings. The molecule has 2 aromatic carbocycles. The molecule has 0 saturated heterocycles. The number of allylic oxidation sites excluding steroid dienone is 1.